The van der Waals surface area contributed by atoms with Crippen molar-refractivity contribution in [2.24, 2.45) is 0 Å². The molecule has 19 heavy (non-hydrogen) atoms. The highest BCUT2D eigenvalue weighted by Crippen LogP contribution is 2.04. The summed E-state index contributed by atoms with van der Waals surface area (Å²) in [6.45, 7) is 18.3. The van der Waals surface area contributed by atoms with E-state index in [1.165, 1.54) is 6.42 Å². The van der Waals surface area contributed by atoms with Crippen molar-refractivity contribution >= 4 is 5.95 Å². The lowest BCUT2D eigenvalue weighted by atomic mass is 10.4. The van der Waals surface area contributed by atoms with Crippen molar-refractivity contribution < 1.29 is 0 Å². The van der Waals surface area contributed by atoms with Gasteiger partial charge in [0.1, 0.15) is 0 Å². The Bertz CT molecular complexity index is 258. The van der Waals surface area contributed by atoms with Crippen molar-refractivity contribution in [1.29, 1.82) is 0 Å². The molecule has 2 rings (SSSR count). The van der Waals surface area contributed by atoms with Gasteiger partial charge in [0.15, 0.2) is 0 Å². The Morgan fingerprint density at radius 2 is 1.53 bits per heavy atom. The standard InChI is InChI=1S/C8H12N4.C3H8.C2H6.C2H4/c1-2-10-8(11-3-1)12-6-4-9-5-7-12;1-3-2;2*1-2/h1-3,9H,4-7H2;3H2,1-2H3;1-2H3;1-2H2. The maximum absolute atomic E-state index is 4.19. The first-order chi connectivity index (χ1) is 9.38. The number of anilines is 1. The average Bonchev–Trinajstić information content (AvgIpc) is 2.54. The third-order valence-corrected chi connectivity index (χ3v) is 1.95. The summed E-state index contributed by atoms with van der Waals surface area (Å²) in [7, 11) is 0. The van der Waals surface area contributed by atoms with E-state index in [1.807, 2.05) is 19.9 Å². The quantitative estimate of drug-likeness (QED) is 0.793. The highest BCUT2D eigenvalue weighted by Gasteiger charge is 2.11. The predicted octanol–water partition coefficient (Wildman–Crippen LogP) is 3.13. The summed E-state index contributed by atoms with van der Waals surface area (Å²) >= 11 is 0. The van der Waals surface area contributed by atoms with Crippen LogP contribution in [0.3, 0.4) is 0 Å². The number of rotatable bonds is 1. The van der Waals surface area contributed by atoms with Crippen molar-refractivity contribution in [3.8, 4) is 0 Å². The van der Waals surface area contributed by atoms with E-state index in [2.05, 4.69) is 47.2 Å². The third kappa shape index (κ3) is 10.2. The summed E-state index contributed by atoms with van der Waals surface area (Å²) in [5.41, 5.74) is 0. The van der Waals surface area contributed by atoms with E-state index >= 15 is 0 Å². The van der Waals surface area contributed by atoms with Gasteiger partial charge in [0.25, 0.3) is 0 Å². The second-order valence-corrected chi connectivity index (χ2v) is 3.49. The number of hydrogen-bond acceptors (Lipinski definition) is 4. The molecule has 0 spiro atoms. The molecule has 4 nitrogen and oxygen atoms in total. The second kappa shape index (κ2) is 16.6. The molecule has 1 aliphatic heterocycles. The SMILES string of the molecule is C=C.CC.CCC.c1cnc(N2CCNCC2)nc1. The van der Waals surface area contributed by atoms with Crippen LogP contribution in [-0.4, -0.2) is 36.1 Å². The fourth-order valence-corrected chi connectivity index (χ4v) is 1.32. The topological polar surface area (TPSA) is 41.1 Å². The molecule has 0 aromatic carbocycles. The Labute approximate surface area is 119 Å². The van der Waals surface area contributed by atoms with Crippen LogP contribution in [-0.2, 0) is 0 Å². The molecule has 1 aromatic rings. The summed E-state index contributed by atoms with van der Waals surface area (Å²) in [5.74, 6) is 0.846. The van der Waals surface area contributed by atoms with E-state index in [0.717, 1.165) is 32.1 Å². The molecule has 4 heteroatoms. The fourth-order valence-electron chi connectivity index (χ4n) is 1.32. The molecule has 0 radical (unpaired) electrons. The average molecular weight is 266 g/mol. The minimum atomic E-state index is 0.846. The van der Waals surface area contributed by atoms with Crippen molar-refractivity contribution in [2.75, 3.05) is 31.1 Å². The summed E-state index contributed by atoms with van der Waals surface area (Å²) in [4.78, 5) is 10.6. The Balaban J connectivity index is 0. The molecule has 2 heterocycles. The van der Waals surface area contributed by atoms with Crippen LogP contribution in [0.1, 0.15) is 34.1 Å². The molecule has 1 aliphatic rings. The van der Waals surface area contributed by atoms with Gasteiger partial charge in [0, 0.05) is 38.6 Å². The van der Waals surface area contributed by atoms with E-state index in [-0.39, 0.29) is 0 Å². The lowest BCUT2D eigenvalue weighted by molar-refractivity contribution is 0.580. The van der Waals surface area contributed by atoms with Gasteiger partial charge >= 0.3 is 0 Å². The summed E-state index contributed by atoms with van der Waals surface area (Å²) in [6.07, 6.45) is 4.81. The highest BCUT2D eigenvalue weighted by atomic mass is 15.3. The Morgan fingerprint density at radius 3 is 1.95 bits per heavy atom. The van der Waals surface area contributed by atoms with Crippen molar-refractivity contribution in [3.05, 3.63) is 31.6 Å². The van der Waals surface area contributed by atoms with Crippen LogP contribution < -0.4 is 10.2 Å². The Hall–Kier alpha value is -1.42. The van der Waals surface area contributed by atoms with E-state index < -0.39 is 0 Å². The zero-order valence-corrected chi connectivity index (χ0v) is 13.0. The number of piperazine rings is 1. The van der Waals surface area contributed by atoms with Gasteiger partial charge in [-0.3, -0.25) is 0 Å². The first kappa shape index (κ1) is 19.9. The molecule has 110 valence electrons. The van der Waals surface area contributed by atoms with Gasteiger partial charge < -0.3 is 10.2 Å². The van der Waals surface area contributed by atoms with Gasteiger partial charge in [-0.05, 0) is 6.07 Å². The molecule has 1 saturated heterocycles. The van der Waals surface area contributed by atoms with Gasteiger partial charge in [-0.1, -0.05) is 34.1 Å². The number of nitrogens with one attached hydrogen (secondary N) is 1. The normalized spacial score (nSPS) is 12.7. The molecule has 0 saturated carbocycles. The minimum Gasteiger partial charge on any atom is -0.338 e. The lowest BCUT2D eigenvalue weighted by Crippen LogP contribution is -2.44. The number of hydrogen-bond donors (Lipinski definition) is 1. The van der Waals surface area contributed by atoms with Gasteiger partial charge in [-0.25, -0.2) is 9.97 Å². The van der Waals surface area contributed by atoms with Gasteiger partial charge in [0.2, 0.25) is 5.95 Å². The van der Waals surface area contributed by atoms with E-state index in [9.17, 15) is 0 Å². The first-order valence-corrected chi connectivity index (χ1v) is 7.11. The maximum Gasteiger partial charge on any atom is 0.225 e. The number of aromatic nitrogens is 2. The third-order valence-electron chi connectivity index (χ3n) is 1.95. The van der Waals surface area contributed by atoms with Crippen molar-refractivity contribution in [2.45, 2.75) is 34.1 Å². The largest absolute Gasteiger partial charge is 0.338 e. The maximum atomic E-state index is 4.19. The van der Waals surface area contributed by atoms with Crippen LogP contribution in [0.15, 0.2) is 31.6 Å². The monoisotopic (exact) mass is 266 g/mol. The van der Waals surface area contributed by atoms with Gasteiger partial charge in [0.05, 0.1) is 0 Å². The zero-order chi connectivity index (χ0) is 14.9. The predicted molar refractivity (Wildman–Crippen MR) is 85.7 cm³/mol. The molecule has 0 bridgehead atoms. The van der Waals surface area contributed by atoms with Gasteiger partial charge in [-0.2, -0.15) is 0 Å². The molecule has 1 aromatic heterocycles. The Morgan fingerprint density at radius 1 is 1.11 bits per heavy atom. The molecular formula is C15H30N4. The minimum absolute atomic E-state index is 0.846. The first-order valence-electron chi connectivity index (χ1n) is 7.11. The number of nitrogens with zero attached hydrogens (tertiary/aromatic N) is 3. The van der Waals surface area contributed by atoms with Crippen LogP contribution in [0.4, 0.5) is 5.95 Å². The fraction of sp³-hybridized carbons (Fsp3) is 0.600. The van der Waals surface area contributed by atoms with Gasteiger partial charge in [-0.15, -0.1) is 13.2 Å². The Kier molecular flexibility index (Phi) is 17.4. The summed E-state index contributed by atoms with van der Waals surface area (Å²) in [6, 6.07) is 1.84. The molecule has 0 unspecified atom stereocenters. The molecule has 1 N–H and O–H groups in total. The highest BCUT2D eigenvalue weighted by molar-refractivity contribution is 5.28. The van der Waals surface area contributed by atoms with Crippen LogP contribution >= 0.6 is 0 Å². The summed E-state index contributed by atoms with van der Waals surface area (Å²) < 4.78 is 0. The van der Waals surface area contributed by atoms with Crippen molar-refractivity contribution in [1.82, 2.24) is 15.3 Å². The molecule has 0 aliphatic carbocycles. The van der Waals surface area contributed by atoms with E-state index in [4.69, 9.17) is 0 Å². The van der Waals surface area contributed by atoms with E-state index in [0.29, 0.717) is 0 Å². The van der Waals surface area contributed by atoms with E-state index in [1.54, 1.807) is 12.4 Å². The van der Waals surface area contributed by atoms with Crippen LogP contribution in [0.2, 0.25) is 0 Å². The van der Waals surface area contributed by atoms with Crippen molar-refractivity contribution in [3.63, 3.8) is 0 Å². The molecule has 0 atom stereocenters. The molecular weight excluding hydrogens is 236 g/mol. The van der Waals surface area contributed by atoms with Crippen LogP contribution in [0.5, 0.6) is 0 Å². The van der Waals surface area contributed by atoms with Crippen LogP contribution in [0.25, 0.3) is 0 Å². The second-order valence-electron chi connectivity index (χ2n) is 3.49. The lowest BCUT2D eigenvalue weighted by Gasteiger charge is -2.26. The smallest absolute Gasteiger partial charge is 0.225 e. The zero-order valence-electron chi connectivity index (χ0n) is 13.0. The molecule has 0 amide bonds. The summed E-state index contributed by atoms with van der Waals surface area (Å²) in [5, 5.41) is 3.29. The van der Waals surface area contributed by atoms with Crippen LogP contribution in [0, 0.1) is 0 Å². The molecule has 1 fully saturated rings.